The second-order valence-electron chi connectivity index (χ2n) is 6.94. The summed E-state index contributed by atoms with van der Waals surface area (Å²) in [5, 5.41) is 8.23. The fraction of sp³-hybridized carbons (Fsp3) is 0.714. The Balaban J connectivity index is 2.41. The molecule has 4 nitrogen and oxygen atoms in total. The van der Waals surface area contributed by atoms with Gasteiger partial charge >= 0.3 is 0 Å². The standard InChI is InChI=1S/C14H24Cl2N2O2Si/c1-14(2,11-8-12(15)17-18-13(11)16)9-20-10-19-6-7-21(3,4)5/h8H,6-7,9-10H2,1-5H3. The maximum atomic E-state index is 6.08. The molecule has 120 valence electrons. The average Bonchev–Trinajstić information content (AvgIpc) is 2.35. The first-order chi connectivity index (χ1) is 9.62. The van der Waals surface area contributed by atoms with Gasteiger partial charge in [-0.25, -0.2) is 0 Å². The van der Waals surface area contributed by atoms with Crippen LogP contribution in [0.4, 0.5) is 0 Å². The molecule has 0 unspecified atom stereocenters. The molecule has 0 N–H and O–H groups in total. The van der Waals surface area contributed by atoms with Crippen LogP contribution in [0.15, 0.2) is 6.07 Å². The number of ether oxygens (including phenoxy) is 2. The molecule has 0 aliphatic carbocycles. The van der Waals surface area contributed by atoms with Crippen molar-refractivity contribution >= 4 is 31.3 Å². The Morgan fingerprint density at radius 3 is 2.43 bits per heavy atom. The van der Waals surface area contributed by atoms with Crippen molar-refractivity contribution in [3.05, 3.63) is 21.9 Å². The zero-order chi connectivity index (χ0) is 16.1. The molecule has 1 rings (SSSR count). The average molecular weight is 351 g/mol. The van der Waals surface area contributed by atoms with Gasteiger partial charge in [0.05, 0.1) is 6.61 Å². The zero-order valence-corrected chi connectivity index (χ0v) is 15.9. The number of hydrogen-bond acceptors (Lipinski definition) is 4. The van der Waals surface area contributed by atoms with Crippen LogP contribution in [0.1, 0.15) is 19.4 Å². The van der Waals surface area contributed by atoms with Gasteiger partial charge in [0.1, 0.15) is 6.79 Å². The van der Waals surface area contributed by atoms with Crippen LogP contribution in [0.25, 0.3) is 0 Å². The van der Waals surface area contributed by atoms with Gasteiger partial charge in [0.15, 0.2) is 10.3 Å². The van der Waals surface area contributed by atoms with Crippen molar-refractivity contribution in [3.63, 3.8) is 0 Å². The normalized spacial score (nSPS) is 12.7. The van der Waals surface area contributed by atoms with Gasteiger partial charge in [-0.3, -0.25) is 0 Å². The maximum absolute atomic E-state index is 6.08. The third-order valence-electron chi connectivity index (χ3n) is 3.07. The Morgan fingerprint density at radius 1 is 1.14 bits per heavy atom. The van der Waals surface area contributed by atoms with Crippen LogP contribution in [0.2, 0.25) is 36.0 Å². The molecule has 0 atom stereocenters. The lowest BCUT2D eigenvalue weighted by Gasteiger charge is -2.25. The van der Waals surface area contributed by atoms with E-state index in [2.05, 4.69) is 29.8 Å². The SMILES string of the molecule is CC(C)(COCOCC[Si](C)(C)C)c1cc(Cl)nnc1Cl. The molecule has 0 bridgehead atoms. The first-order valence-electron chi connectivity index (χ1n) is 6.96. The van der Waals surface area contributed by atoms with E-state index in [1.165, 1.54) is 0 Å². The van der Waals surface area contributed by atoms with Gasteiger partial charge in [-0.05, 0) is 12.1 Å². The molecule has 0 fully saturated rings. The first kappa shape index (κ1) is 18.8. The molecule has 0 spiro atoms. The van der Waals surface area contributed by atoms with E-state index in [0.29, 0.717) is 16.9 Å². The van der Waals surface area contributed by atoms with Gasteiger partial charge in [-0.1, -0.05) is 56.7 Å². The summed E-state index contributed by atoms with van der Waals surface area (Å²) in [5.74, 6) is 0. The summed E-state index contributed by atoms with van der Waals surface area (Å²) in [6, 6.07) is 2.86. The van der Waals surface area contributed by atoms with Crippen LogP contribution < -0.4 is 0 Å². The molecule has 21 heavy (non-hydrogen) atoms. The van der Waals surface area contributed by atoms with E-state index in [-0.39, 0.29) is 12.2 Å². The van der Waals surface area contributed by atoms with E-state index in [4.69, 9.17) is 32.7 Å². The molecule has 0 amide bonds. The van der Waals surface area contributed by atoms with Crippen LogP contribution in [0.5, 0.6) is 0 Å². The van der Waals surface area contributed by atoms with Crippen molar-refractivity contribution in [2.24, 2.45) is 0 Å². The Hall–Kier alpha value is -0.203. The van der Waals surface area contributed by atoms with Crippen LogP contribution in [-0.2, 0) is 14.9 Å². The van der Waals surface area contributed by atoms with Crippen LogP contribution >= 0.6 is 23.2 Å². The van der Waals surface area contributed by atoms with Crippen molar-refractivity contribution in [2.75, 3.05) is 20.0 Å². The molecule has 1 aromatic rings. The minimum absolute atomic E-state index is 0.289. The van der Waals surface area contributed by atoms with Crippen molar-refractivity contribution in [2.45, 2.75) is 44.9 Å². The van der Waals surface area contributed by atoms with Gasteiger partial charge < -0.3 is 9.47 Å². The fourth-order valence-electron chi connectivity index (χ4n) is 1.70. The number of nitrogens with zero attached hydrogens (tertiary/aromatic N) is 2. The lowest BCUT2D eigenvalue weighted by atomic mass is 9.87. The van der Waals surface area contributed by atoms with E-state index in [9.17, 15) is 0 Å². The summed E-state index contributed by atoms with van der Waals surface area (Å²) in [6.45, 7) is 12.5. The minimum atomic E-state index is -1.05. The summed E-state index contributed by atoms with van der Waals surface area (Å²) < 4.78 is 11.1. The van der Waals surface area contributed by atoms with Crippen molar-refractivity contribution in [1.82, 2.24) is 10.2 Å². The Kier molecular flexibility index (Phi) is 7.07. The van der Waals surface area contributed by atoms with Crippen LogP contribution in [-0.4, -0.2) is 38.3 Å². The minimum Gasteiger partial charge on any atom is -0.356 e. The third kappa shape index (κ3) is 7.06. The molecule has 0 radical (unpaired) electrons. The highest BCUT2D eigenvalue weighted by atomic mass is 35.5. The van der Waals surface area contributed by atoms with E-state index in [0.717, 1.165) is 18.2 Å². The quantitative estimate of drug-likeness (QED) is 0.396. The fourth-order valence-corrected chi connectivity index (χ4v) is 2.95. The van der Waals surface area contributed by atoms with Crippen LogP contribution in [0.3, 0.4) is 0 Å². The number of halogens is 2. The molecular formula is C14H24Cl2N2O2Si. The summed E-state index contributed by atoms with van der Waals surface area (Å²) in [4.78, 5) is 0. The molecule has 0 saturated heterocycles. The topological polar surface area (TPSA) is 44.2 Å². The monoisotopic (exact) mass is 350 g/mol. The van der Waals surface area contributed by atoms with E-state index >= 15 is 0 Å². The predicted molar refractivity (Wildman–Crippen MR) is 90.0 cm³/mol. The number of rotatable bonds is 8. The first-order valence-corrected chi connectivity index (χ1v) is 11.4. The molecule has 1 aromatic heterocycles. The summed E-state index contributed by atoms with van der Waals surface area (Å²) in [5.41, 5.74) is 0.519. The highest BCUT2D eigenvalue weighted by Crippen LogP contribution is 2.29. The second kappa shape index (κ2) is 7.88. The summed E-state index contributed by atoms with van der Waals surface area (Å²) >= 11 is 12.0. The lowest BCUT2D eigenvalue weighted by Crippen LogP contribution is -2.27. The summed E-state index contributed by atoms with van der Waals surface area (Å²) in [6.07, 6.45) is 0. The molecule has 1 heterocycles. The smallest absolute Gasteiger partial charge is 0.155 e. The third-order valence-corrected chi connectivity index (χ3v) is 5.24. The van der Waals surface area contributed by atoms with Gasteiger partial charge in [-0.2, -0.15) is 0 Å². The number of hydrogen-bond donors (Lipinski definition) is 0. The van der Waals surface area contributed by atoms with E-state index in [1.54, 1.807) is 6.07 Å². The van der Waals surface area contributed by atoms with Gasteiger partial charge in [-0.15, -0.1) is 10.2 Å². The summed E-state index contributed by atoms with van der Waals surface area (Å²) in [7, 11) is -1.05. The maximum Gasteiger partial charge on any atom is 0.155 e. The molecule has 0 aliphatic heterocycles. The van der Waals surface area contributed by atoms with Crippen LogP contribution in [0, 0.1) is 0 Å². The van der Waals surface area contributed by atoms with Gasteiger partial charge in [0.25, 0.3) is 0 Å². The highest BCUT2D eigenvalue weighted by molar-refractivity contribution is 6.76. The van der Waals surface area contributed by atoms with E-state index < -0.39 is 8.07 Å². The lowest BCUT2D eigenvalue weighted by molar-refractivity contribution is -0.0622. The second-order valence-corrected chi connectivity index (χ2v) is 13.3. The predicted octanol–water partition coefficient (Wildman–Crippen LogP) is 4.39. The van der Waals surface area contributed by atoms with Gasteiger partial charge in [0, 0.05) is 25.7 Å². The Morgan fingerprint density at radius 2 is 1.81 bits per heavy atom. The largest absolute Gasteiger partial charge is 0.356 e. The molecule has 0 aromatic carbocycles. The van der Waals surface area contributed by atoms with Gasteiger partial charge in [0.2, 0.25) is 0 Å². The molecule has 7 heteroatoms. The molecule has 0 saturated carbocycles. The molecular weight excluding hydrogens is 327 g/mol. The Bertz CT molecular complexity index is 465. The van der Waals surface area contributed by atoms with Crippen molar-refractivity contribution in [3.8, 4) is 0 Å². The van der Waals surface area contributed by atoms with Crippen molar-refractivity contribution < 1.29 is 9.47 Å². The Labute approximate surface area is 138 Å². The highest BCUT2D eigenvalue weighted by Gasteiger charge is 2.25. The number of aromatic nitrogens is 2. The van der Waals surface area contributed by atoms with E-state index in [1.807, 2.05) is 13.8 Å². The molecule has 0 aliphatic rings. The van der Waals surface area contributed by atoms with Crippen molar-refractivity contribution in [1.29, 1.82) is 0 Å². The zero-order valence-electron chi connectivity index (χ0n) is 13.4.